The Morgan fingerprint density at radius 2 is 0.886 bits per heavy atom. The van der Waals surface area contributed by atoms with Gasteiger partial charge in [-0.05, 0) is 52.7 Å². The topological polar surface area (TPSA) is 17.6 Å². The van der Waals surface area contributed by atoms with Crippen molar-refractivity contribution < 1.29 is 54.4 Å². The smallest absolute Gasteiger partial charge is 1.00 e. The molecule has 192 valence electrons. The number of hydrogen-bond acceptors (Lipinski definition) is 0. The van der Waals surface area contributed by atoms with Gasteiger partial charge >= 0.3 is 20.4 Å². The molecule has 0 spiro atoms. The Hall–Kier alpha value is -1.90. The van der Waals surface area contributed by atoms with E-state index in [1.165, 1.54) is 11.1 Å². The molecule has 0 saturated heterocycles. The Balaban J connectivity index is 0.000000608. The molecule has 7 heteroatoms. The van der Waals surface area contributed by atoms with Crippen molar-refractivity contribution in [2.45, 2.75) is 65.7 Å². The first kappa shape index (κ1) is 33.1. The molecule has 0 bridgehead atoms. The van der Waals surface area contributed by atoms with Gasteiger partial charge in [0.05, 0.1) is 0 Å². The first-order chi connectivity index (χ1) is 15.1. The van der Waals surface area contributed by atoms with Crippen LogP contribution < -0.4 is 33.9 Å². The van der Waals surface area contributed by atoms with Crippen molar-refractivity contribution in [3.63, 3.8) is 0 Å². The maximum Gasteiger partial charge on any atom is 2.00 e. The zero-order valence-corrected chi connectivity index (χ0v) is 24.6. The van der Waals surface area contributed by atoms with Crippen molar-refractivity contribution in [3.05, 3.63) is 109 Å². The average molecular weight is 608 g/mol. The second-order valence-electron chi connectivity index (χ2n) is 10.3. The molecule has 0 N–H and O–H groups in total. The molecule has 2 aromatic heterocycles. The van der Waals surface area contributed by atoms with E-state index in [1.54, 1.807) is 0 Å². The van der Waals surface area contributed by atoms with Crippen LogP contribution in [0.1, 0.15) is 52.7 Å². The van der Waals surface area contributed by atoms with E-state index in [0.29, 0.717) is 0 Å². The van der Waals surface area contributed by atoms with Crippen LogP contribution in [0.2, 0.25) is 0 Å². The summed E-state index contributed by atoms with van der Waals surface area (Å²) >= 11 is 0. The van der Waals surface area contributed by atoms with Gasteiger partial charge in [-0.25, -0.2) is 18.3 Å². The first-order valence-electron chi connectivity index (χ1n) is 11.3. The monoisotopic (exact) mass is 606 g/mol. The second kappa shape index (κ2) is 14.6. The molecule has 4 aromatic rings. The molecule has 0 saturated carbocycles. The predicted molar refractivity (Wildman–Crippen MR) is 130 cm³/mol. The molecule has 2 heterocycles. The van der Waals surface area contributed by atoms with Crippen molar-refractivity contribution >= 4 is 0 Å². The summed E-state index contributed by atoms with van der Waals surface area (Å²) in [6.07, 6.45) is 12.8. The summed E-state index contributed by atoms with van der Waals surface area (Å²) in [7, 11) is 0. The van der Waals surface area contributed by atoms with Crippen molar-refractivity contribution in [3.8, 4) is 0 Å². The molecule has 0 aliphatic heterocycles. The van der Waals surface area contributed by atoms with Crippen LogP contribution in [0.4, 0.5) is 0 Å². The summed E-state index contributed by atoms with van der Waals surface area (Å²) < 4.78 is 8.88. The number of aromatic nitrogens is 4. The fraction of sp³-hybridized carbons (Fsp3) is 0.357. The van der Waals surface area contributed by atoms with Gasteiger partial charge in [-0.15, -0.1) is 0 Å². The van der Waals surface area contributed by atoms with Gasteiger partial charge in [0.2, 0.25) is 12.7 Å². The Labute approximate surface area is 237 Å². The number of imidazole rings is 2. The van der Waals surface area contributed by atoms with Crippen LogP contribution in [0.3, 0.4) is 0 Å². The fourth-order valence-electron chi connectivity index (χ4n) is 3.36. The Morgan fingerprint density at radius 1 is 0.571 bits per heavy atom. The average Bonchev–Trinajstić information content (AvgIpc) is 3.40. The predicted octanol–water partition coefficient (Wildman–Crippen LogP) is -0.837. The van der Waals surface area contributed by atoms with Crippen molar-refractivity contribution in [1.29, 1.82) is 0 Å². The van der Waals surface area contributed by atoms with Crippen LogP contribution in [-0.4, -0.2) is 9.13 Å². The zero-order valence-electron chi connectivity index (χ0n) is 21.5. The summed E-state index contributed by atoms with van der Waals surface area (Å²) in [5.41, 5.74) is 2.97. The SMILES string of the molecule is CC(C)(C)n1cc[n+](Cc2ccccc2)c1.CC(C)(C)n1cc[n+](Cc2ccccc2)c1.[Cl-].[Cl-].[Pd+2]. The molecule has 4 rings (SSSR count). The standard InChI is InChI=1S/2C14H19N2.2ClH.Pd/c2*1-14(2,3)16-10-9-15(12-16)11-13-7-5-4-6-8-13;;;/h2*4-10,12H,11H2,1-3H3;2*1H;/q2*+1;;;+2/p-2. The maximum atomic E-state index is 2.23. The van der Waals surface area contributed by atoms with Gasteiger partial charge in [-0.2, -0.15) is 0 Å². The van der Waals surface area contributed by atoms with Gasteiger partial charge in [0.15, 0.2) is 0 Å². The summed E-state index contributed by atoms with van der Waals surface area (Å²) in [6.45, 7) is 15.1. The molecule has 0 unspecified atom stereocenters. The summed E-state index contributed by atoms with van der Waals surface area (Å²) in [4.78, 5) is 0. The van der Waals surface area contributed by atoms with E-state index in [0.717, 1.165) is 13.1 Å². The third-order valence-electron chi connectivity index (χ3n) is 5.35. The number of rotatable bonds is 4. The van der Waals surface area contributed by atoms with Gasteiger partial charge in [-0.1, -0.05) is 60.7 Å². The first-order valence-corrected chi connectivity index (χ1v) is 11.3. The summed E-state index contributed by atoms with van der Waals surface area (Å²) in [6, 6.07) is 21.0. The third-order valence-corrected chi connectivity index (χ3v) is 5.35. The van der Waals surface area contributed by atoms with E-state index in [9.17, 15) is 0 Å². The molecule has 0 atom stereocenters. The van der Waals surface area contributed by atoms with Crippen molar-refractivity contribution in [2.24, 2.45) is 0 Å². The molecule has 0 radical (unpaired) electrons. The number of hydrogen-bond donors (Lipinski definition) is 0. The second-order valence-corrected chi connectivity index (χ2v) is 10.3. The van der Waals surface area contributed by atoms with E-state index >= 15 is 0 Å². The zero-order chi connectivity index (χ0) is 23.2. The van der Waals surface area contributed by atoms with Gasteiger partial charge in [0, 0.05) is 0 Å². The minimum absolute atomic E-state index is 0. The van der Waals surface area contributed by atoms with Gasteiger partial charge < -0.3 is 24.8 Å². The van der Waals surface area contributed by atoms with Crippen molar-refractivity contribution in [2.75, 3.05) is 0 Å². The van der Waals surface area contributed by atoms with Crippen LogP contribution in [0.5, 0.6) is 0 Å². The van der Waals surface area contributed by atoms with Crippen LogP contribution in [-0.2, 0) is 44.6 Å². The van der Waals surface area contributed by atoms with E-state index in [-0.39, 0.29) is 56.3 Å². The molecule has 4 nitrogen and oxygen atoms in total. The number of nitrogens with zero attached hydrogens (tertiary/aromatic N) is 4. The van der Waals surface area contributed by atoms with Crippen LogP contribution >= 0.6 is 0 Å². The molecule has 0 aliphatic carbocycles. The molecular formula is C28H38Cl2N4Pd+2. The Kier molecular flexibility index (Phi) is 13.8. The minimum Gasteiger partial charge on any atom is -1.00 e. The number of benzene rings is 2. The van der Waals surface area contributed by atoms with E-state index < -0.39 is 0 Å². The maximum absolute atomic E-state index is 2.23. The van der Waals surface area contributed by atoms with Crippen LogP contribution in [0.15, 0.2) is 98.1 Å². The van der Waals surface area contributed by atoms with Gasteiger partial charge in [-0.3, -0.25) is 0 Å². The summed E-state index contributed by atoms with van der Waals surface area (Å²) in [5.74, 6) is 0. The van der Waals surface area contributed by atoms with Crippen LogP contribution in [0, 0.1) is 0 Å². The molecule has 0 aliphatic rings. The van der Waals surface area contributed by atoms with Gasteiger partial charge in [0.1, 0.15) is 49.0 Å². The minimum atomic E-state index is 0. The van der Waals surface area contributed by atoms with Crippen molar-refractivity contribution in [1.82, 2.24) is 9.13 Å². The molecule has 35 heavy (non-hydrogen) atoms. The normalized spacial score (nSPS) is 10.7. The molecule has 0 fully saturated rings. The quantitative estimate of drug-likeness (QED) is 0.213. The van der Waals surface area contributed by atoms with E-state index in [1.807, 2.05) is 0 Å². The Morgan fingerprint density at radius 3 is 1.14 bits per heavy atom. The van der Waals surface area contributed by atoms with E-state index in [4.69, 9.17) is 0 Å². The molecular weight excluding hydrogens is 570 g/mol. The Bertz CT molecular complexity index is 1010. The third kappa shape index (κ3) is 10.7. The molecule has 2 aromatic carbocycles. The fourth-order valence-corrected chi connectivity index (χ4v) is 3.36. The van der Waals surface area contributed by atoms with Crippen LogP contribution in [0.25, 0.3) is 0 Å². The van der Waals surface area contributed by atoms with Gasteiger partial charge in [0.25, 0.3) is 0 Å². The largest absolute Gasteiger partial charge is 2.00 e. The molecule has 0 amide bonds. The van der Waals surface area contributed by atoms with E-state index in [2.05, 4.69) is 158 Å². The summed E-state index contributed by atoms with van der Waals surface area (Å²) in [5, 5.41) is 0. The number of halogens is 2.